The Morgan fingerprint density at radius 2 is 1.62 bits per heavy atom. The van der Waals surface area contributed by atoms with Crippen molar-refractivity contribution in [2.75, 3.05) is 6.54 Å². The Morgan fingerprint density at radius 1 is 0.962 bits per heavy atom. The van der Waals surface area contributed by atoms with Gasteiger partial charge in [-0.15, -0.1) is 0 Å². The van der Waals surface area contributed by atoms with Gasteiger partial charge in [0.2, 0.25) is 5.91 Å². The van der Waals surface area contributed by atoms with Crippen LogP contribution >= 0.6 is 0 Å². The van der Waals surface area contributed by atoms with E-state index in [-0.39, 0.29) is 11.7 Å². The lowest BCUT2D eigenvalue weighted by Gasteiger charge is -2.12. The molecule has 0 fully saturated rings. The summed E-state index contributed by atoms with van der Waals surface area (Å²) in [7, 11) is -3.39. The van der Waals surface area contributed by atoms with Gasteiger partial charge in [0, 0.05) is 13.5 Å². The summed E-state index contributed by atoms with van der Waals surface area (Å²) < 4.78 is 25.8. The van der Waals surface area contributed by atoms with Gasteiger partial charge in [-0.3, -0.25) is 4.79 Å². The highest BCUT2D eigenvalue weighted by Crippen LogP contribution is 2.24. The minimum atomic E-state index is -3.39. The lowest BCUT2D eigenvalue weighted by atomic mass is 10.1. The summed E-state index contributed by atoms with van der Waals surface area (Å²) in [6, 6.07) is 11.4. The van der Waals surface area contributed by atoms with Crippen LogP contribution in [-0.4, -0.2) is 20.9 Å². The predicted molar refractivity (Wildman–Crippen MR) is 105 cm³/mol. The van der Waals surface area contributed by atoms with Gasteiger partial charge < -0.3 is 5.32 Å². The molecule has 0 aliphatic carbocycles. The molecule has 0 saturated heterocycles. The molecule has 2 aromatic rings. The fourth-order valence-corrected chi connectivity index (χ4v) is 4.68. The SMILES string of the molecule is CC(=O)NCCCc1cccc(CS(=O)(=O)c2cc(C)c(C)cc2C)c1. The van der Waals surface area contributed by atoms with Crippen molar-refractivity contribution in [3.05, 3.63) is 64.2 Å². The maximum atomic E-state index is 12.9. The minimum Gasteiger partial charge on any atom is -0.356 e. The number of carbonyl (C=O) groups excluding carboxylic acids is 1. The lowest BCUT2D eigenvalue weighted by Crippen LogP contribution is -2.21. The summed E-state index contributed by atoms with van der Waals surface area (Å²) in [4.78, 5) is 11.3. The van der Waals surface area contributed by atoms with E-state index in [0.29, 0.717) is 11.4 Å². The number of sulfone groups is 1. The van der Waals surface area contributed by atoms with Gasteiger partial charge in [0.05, 0.1) is 10.6 Å². The van der Waals surface area contributed by atoms with Gasteiger partial charge in [0.25, 0.3) is 0 Å². The number of nitrogens with one attached hydrogen (secondary N) is 1. The van der Waals surface area contributed by atoms with E-state index in [1.807, 2.05) is 51.1 Å². The minimum absolute atomic E-state index is 0.00409. The molecule has 0 aliphatic rings. The third-order valence-electron chi connectivity index (χ3n) is 4.49. The van der Waals surface area contributed by atoms with Crippen molar-refractivity contribution >= 4 is 15.7 Å². The van der Waals surface area contributed by atoms with Crippen molar-refractivity contribution in [1.82, 2.24) is 5.32 Å². The van der Waals surface area contributed by atoms with Gasteiger partial charge in [-0.2, -0.15) is 0 Å². The molecule has 140 valence electrons. The van der Waals surface area contributed by atoms with Crippen LogP contribution in [0.15, 0.2) is 41.3 Å². The molecule has 0 aromatic heterocycles. The fraction of sp³-hybridized carbons (Fsp3) is 0.381. The van der Waals surface area contributed by atoms with Crippen molar-refractivity contribution in [3.63, 3.8) is 0 Å². The van der Waals surface area contributed by atoms with Gasteiger partial charge >= 0.3 is 0 Å². The summed E-state index contributed by atoms with van der Waals surface area (Å²) in [5.74, 6) is -0.0378. The fourth-order valence-electron chi connectivity index (χ4n) is 3.00. The van der Waals surface area contributed by atoms with E-state index >= 15 is 0 Å². The second-order valence-electron chi connectivity index (χ2n) is 6.87. The number of amides is 1. The number of aryl methyl sites for hydroxylation is 4. The molecule has 0 unspecified atom stereocenters. The van der Waals surface area contributed by atoms with E-state index in [1.165, 1.54) is 6.92 Å². The quantitative estimate of drug-likeness (QED) is 0.754. The van der Waals surface area contributed by atoms with Gasteiger partial charge in [0.15, 0.2) is 9.84 Å². The highest BCUT2D eigenvalue weighted by atomic mass is 32.2. The van der Waals surface area contributed by atoms with Crippen LogP contribution in [-0.2, 0) is 26.8 Å². The topological polar surface area (TPSA) is 63.2 Å². The maximum absolute atomic E-state index is 12.9. The molecule has 0 heterocycles. The van der Waals surface area contributed by atoms with E-state index in [1.54, 1.807) is 6.07 Å². The van der Waals surface area contributed by atoms with Crippen LogP contribution in [0, 0.1) is 20.8 Å². The van der Waals surface area contributed by atoms with Gasteiger partial charge in [-0.05, 0) is 67.5 Å². The first kappa shape index (κ1) is 20.2. The maximum Gasteiger partial charge on any atom is 0.216 e. The van der Waals surface area contributed by atoms with E-state index in [9.17, 15) is 13.2 Å². The molecule has 1 N–H and O–H groups in total. The van der Waals surface area contributed by atoms with E-state index in [0.717, 1.165) is 40.7 Å². The Kier molecular flexibility index (Phi) is 6.59. The molecule has 2 rings (SSSR count). The standard InChI is InChI=1S/C21H27NO3S/c1-15-11-17(3)21(12-16(15)2)26(24,25)14-20-8-5-7-19(13-20)9-6-10-22-18(4)23/h5,7-8,11-13H,6,9-10,14H2,1-4H3,(H,22,23). The van der Waals surface area contributed by atoms with Crippen LogP contribution in [0.2, 0.25) is 0 Å². The zero-order valence-corrected chi connectivity index (χ0v) is 16.7. The highest BCUT2D eigenvalue weighted by molar-refractivity contribution is 7.90. The molecule has 2 aromatic carbocycles. The molecule has 0 bridgehead atoms. The Morgan fingerprint density at radius 3 is 2.31 bits per heavy atom. The van der Waals surface area contributed by atoms with Crippen LogP contribution in [0.5, 0.6) is 0 Å². The zero-order chi connectivity index (χ0) is 19.3. The van der Waals surface area contributed by atoms with Crippen molar-refractivity contribution < 1.29 is 13.2 Å². The summed E-state index contributed by atoms with van der Waals surface area (Å²) in [5, 5.41) is 2.77. The summed E-state index contributed by atoms with van der Waals surface area (Å²) in [6.45, 7) is 7.89. The van der Waals surface area contributed by atoms with Crippen molar-refractivity contribution in [3.8, 4) is 0 Å². The van der Waals surface area contributed by atoms with Gasteiger partial charge in [-0.25, -0.2) is 8.42 Å². The molecular weight excluding hydrogens is 346 g/mol. The largest absolute Gasteiger partial charge is 0.356 e. The van der Waals surface area contributed by atoms with E-state index < -0.39 is 9.84 Å². The molecule has 0 saturated carbocycles. The average molecular weight is 374 g/mol. The Hall–Kier alpha value is -2.14. The molecule has 0 spiro atoms. The first-order valence-corrected chi connectivity index (χ1v) is 10.5. The van der Waals surface area contributed by atoms with Crippen LogP contribution in [0.1, 0.15) is 41.2 Å². The van der Waals surface area contributed by atoms with Crippen LogP contribution in [0.25, 0.3) is 0 Å². The van der Waals surface area contributed by atoms with Crippen molar-refractivity contribution in [2.45, 2.75) is 51.2 Å². The van der Waals surface area contributed by atoms with Crippen molar-refractivity contribution in [2.24, 2.45) is 0 Å². The Bertz CT molecular complexity index is 901. The molecule has 5 heteroatoms. The second kappa shape index (κ2) is 8.49. The first-order valence-electron chi connectivity index (χ1n) is 8.82. The number of benzene rings is 2. The van der Waals surface area contributed by atoms with E-state index in [4.69, 9.17) is 0 Å². The van der Waals surface area contributed by atoms with Crippen LogP contribution in [0.4, 0.5) is 0 Å². The number of hydrogen-bond acceptors (Lipinski definition) is 3. The molecule has 26 heavy (non-hydrogen) atoms. The summed E-state index contributed by atoms with van der Waals surface area (Å²) >= 11 is 0. The molecular formula is C21H27NO3S. The highest BCUT2D eigenvalue weighted by Gasteiger charge is 2.19. The third kappa shape index (κ3) is 5.43. The monoisotopic (exact) mass is 373 g/mol. The normalized spacial score (nSPS) is 11.4. The van der Waals surface area contributed by atoms with Crippen LogP contribution in [0.3, 0.4) is 0 Å². The lowest BCUT2D eigenvalue weighted by molar-refractivity contribution is -0.118. The van der Waals surface area contributed by atoms with E-state index in [2.05, 4.69) is 5.32 Å². The molecule has 0 aliphatic heterocycles. The molecule has 1 amide bonds. The second-order valence-corrected chi connectivity index (χ2v) is 8.83. The number of rotatable bonds is 7. The summed E-state index contributed by atoms with van der Waals surface area (Å²) in [6.07, 6.45) is 1.63. The molecule has 0 radical (unpaired) electrons. The first-order chi connectivity index (χ1) is 12.2. The Balaban J connectivity index is 2.13. The predicted octanol–water partition coefficient (Wildman–Crippen LogP) is 3.65. The number of carbonyl (C=O) groups is 1. The smallest absolute Gasteiger partial charge is 0.216 e. The number of hydrogen-bond donors (Lipinski definition) is 1. The van der Waals surface area contributed by atoms with Gasteiger partial charge in [0.1, 0.15) is 0 Å². The Labute approximate surface area is 156 Å². The van der Waals surface area contributed by atoms with Gasteiger partial charge in [-0.1, -0.05) is 30.3 Å². The summed E-state index contributed by atoms with van der Waals surface area (Å²) in [5.41, 5.74) is 4.75. The molecule has 4 nitrogen and oxygen atoms in total. The van der Waals surface area contributed by atoms with Crippen LogP contribution < -0.4 is 5.32 Å². The van der Waals surface area contributed by atoms with Crippen molar-refractivity contribution in [1.29, 1.82) is 0 Å². The molecule has 0 atom stereocenters. The average Bonchev–Trinajstić information content (AvgIpc) is 2.54. The third-order valence-corrected chi connectivity index (χ3v) is 6.31. The zero-order valence-electron chi connectivity index (χ0n) is 15.9.